The van der Waals surface area contributed by atoms with Crippen molar-refractivity contribution in [1.29, 1.82) is 0 Å². The van der Waals surface area contributed by atoms with E-state index in [2.05, 4.69) is 41.5 Å². The van der Waals surface area contributed by atoms with Crippen molar-refractivity contribution >= 4 is 85.8 Å². The zero-order valence-electron chi connectivity index (χ0n) is 43.7. The van der Waals surface area contributed by atoms with Gasteiger partial charge in [-0.3, -0.25) is 39.2 Å². The van der Waals surface area contributed by atoms with Gasteiger partial charge in [0.05, 0.1) is 50.5 Å². The van der Waals surface area contributed by atoms with Crippen LogP contribution < -0.4 is 10.6 Å². The Kier molecular flexibility index (Phi) is 21.1. The quantitative estimate of drug-likeness (QED) is 0.0492. The maximum atomic E-state index is 14.9. The van der Waals surface area contributed by atoms with Crippen molar-refractivity contribution in [2.75, 3.05) is 92.8 Å². The number of nitrogens with zero attached hydrogens (tertiary/aromatic N) is 8. The normalized spacial score (nSPS) is 21.2. The average Bonchev–Trinajstić information content (AvgIpc) is 4.09. The molecule has 0 saturated carbocycles. The number of amidine groups is 2. The number of aliphatic imine (C=N–C) groups is 2. The van der Waals surface area contributed by atoms with Gasteiger partial charge in [0, 0.05) is 102 Å². The van der Waals surface area contributed by atoms with Gasteiger partial charge in [-0.15, -0.1) is 22.7 Å². The van der Waals surface area contributed by atoms with Crippen molar-refractivity contribution in [3.8, 4) is 0 Å². The van der Waals surface area contributed by atoms with Crippen LogP contribution in [0, 0.1) is 23.5 Å². The molecule has 432 valence electrons. The lowest BCUT2D eigenvalue weighted by atomic mass is 9.92. The van der Waals surface area contributed by atoms with E-state index in [1.165, 1.54) is 67.7 Å². The number of carbonyl (C=O) groups is 4. The average molecular weight is 1240 g/mol. The molecule has 2 aromatic carbocycles. The van der Waals surface area contributed by atoms with E-state index in [1.54, 1.807) is 56.0 Å². The smallest absolute Gasteiger partial charge is 0.338 e. The first-order valence-corrected chi connectivity index (χ1v) is 28.0. The number of esters is 2. The van der Waals surface area contributed by atoms with Gasteiger partial charge in [-0.05, 0) is 69.6 Å². The SMILES string of the molecule is CCOC(=O)C1=C(CN2CC(CN(C)CC(=O)O)CC(F)(F)C2)NC(c2nccs2)=NC1c1ccc(F)cc1Br.CCOC(=O)C1=C(CN2CC(CN(C)CC(=O)O)CC(F)(F)C2)NC(c2nccs2)=NC1c1ccc(F)cc1Cl. The molecule has 2 fully saturated rings. The van der Waals surface area contributed by atoms with E-state index in [1.807, 2.05) is 0 Å². The van der Waals surface area contributed by atoms with Crippen LogP contribution in [0.5, 0.6) is 0 Å². The standard InChI is InChI=1S/C26H29BrF3N5O4S.C26H29ClF3N5O4S/c2*1-3-39-25(38)21-19(12-35-11-15(9-26(29,30)14-35)10-34(2)13-20(36)37)32-23(24-31-6-7-40-24)33-22(21)17-5-4-16(28)8-18(17)27/h2*4-8,15,22H,3,9-14H2,1-2H3,(H,32,33)(H,36,37). The molecule has 4 aliphatic heterocycles. The number of hydrogen-bond acceptors (Lipinski definition) is 18. The molecule has 0 amide bonds. The second-order valence-corrected chi connectivity index (χ2v) is 22.7. The van der Waals surface area contributed by atoms with Gasteiger partial charge in [0.25, 0.3) is 11.8 Å². The highest BCUT2D eigenvalue weighted by Gasteiger charge is 2.44. The summed E-state index contributed by atoms with van der Waals surface area (Å²) in [7, 11) is 3.15. The Morgan fingerprint density at radius 3 is 1.54 bits per heavy atom. The summed E-state index contributed by atoms with van der Waals surface area (Å²) in [5.74, 6) is -10.9. The van der Waals surface area contributed by atoms with Crippen LogP contribution in [0.3, 0.4) is 0 Å². The minimum atomic E-state index is -3.03. The number of aromatic nitrogens is 2. The molecule has 0 bridgehead atoms. The third-order valence-corrected chi connectivity index (χ3v) is 15.4. The minimum absolute atomic E-state index is 0.0429. The number of likely N-dealkylation sites (N-methyl/N-ethyl adjacent to an activating group) is 2. The van der Waals surface area contributed by atoms with Crippen molar-refractivity contribution in [2.24, 2.45) is 21.8 Å². The van der Waals surface area contributed by atoms with Crippen LogP contribution in [0.15, 0.2) is 96.5 Å². The second kappa shape index (κ2) is 27.3. The summed E-state index contributed by atoms with van der Waals surface area (Å²) in [6, 6.07) is 5.85. The number of thiazole rings is 2. The number of benzene rings is 2. The number of halogens is 8. The molecular formula is C52H58BrClF6N10O8S2. The zero-order chi connectivity index (χ0) is 58.1. The number of aliphatic carboxylic acids is 2. The Labute approximate surface area is 478 Å². The number of carboxylic acid groups (broad SMARTS) is 2. The van der Waals surface area contributed by atoms with E-state index in [9.17, 15) is 45.5 Å². The molecule has 2 saturated heterocycles. The first-order valence-electron chi connectivity index (χ1n) is 25.1. The number of nitrogens with one attached hydrogen (secondary N) is 2. The second-order valence-electron chi connectivity index (χ2n) is 19.6. The molecule has 80 heavy (non-hydrogen) atoms. The number of hydrogen-bond donors (Lipinski definition) is 4. The highest BCUT2D eigenvalue weighted by molar-refractivity contribution is 9.10. The van der Waals surface area contributed by atoms with E-state index in [0.29, 0.717) is 48.7 Å². The fourth-order valence-corrected chi connectivity index (χ4v) is 12.2. The van der Waals surface area contributed by atoms with Gasteiger partial charge >= 0.3 is 23.9 Å². The van der Waals surface area contributed by atoms with Gasteiger partial charge in [-0.1, -0.05) is 39.7 Å². The maximum absolute atomic E-state index is 14.9. The number of carbonyl (C=O) groups excluding carboxylic acids is 2. The first-order chi connectivity index (χ1) is 37.9. The molecule has 18 nitrogen and oxygen atoms in total. The van der Waals surface area contributed by atoms with Crippen molar-refractivity contribution < 1.29 is 65.2 Å². The number of likely N-dealkylation sites (tertiary alicyclic amines) is 2. The molecule has 4 aromatic rings. The molecule has 0 radical (unpaired) electrons. The maximum Gasteiger partial charge on any atom is 0.338 e. The molecule has 4 aliphatic rings. The van der Waals surface area contributed by atoms with E-state index in [-0.39, 0.29) is 94.6 Å². The van der Waals surface area contributed by atoms with Crippen LogP contribution in [0.25, 0.3) is 0 Å². The van der Waals surface area contributed by atoms with Crippen molar-refractivity contribution in [3.63, 3.8) is 0 Å². The number of piperidine rings is 2. The predicted octanol–water partition coefficient (Wildman–Crippen LogP) is 7.74. The predicted molar refractivity (Wildman–Crippen MR) is 291 cm³/mol. The molecule has 2 aromatic heterocycles. The lowest BCUT2D eigenvalue weighted by Gasteiger charge is -2.40. The summed E-state index contributed by atoms with van der Waals surface area (Å²) < 4.78 is 98.5. The molecule has 0 spiro atoms. The van der Waals surface area contributed by atoms with E-state index >= 15 is 0 Å². The lowest BCUT2D eigenvalue weighted by molar-refractivity contribution is -0.140. The topological polar surface area (TPSA) is 215 Å². The molecule has 4 atom stereocenters. The van der Waals surface area contributed by atoms with Gasteiger partial charge < -0.3 is 30.3 Å². The van der Waals surface area contributed by atoms with Crippen molar-refractivity contribution in [1.82, 2.24) is 40.2 Å². The summed E-state index contributed by atoms with van der Waals surface area (Å²) in [6.45, 7) is 2.51. The highest BCUT2D eigenvalue weighted by Crippen LogP contribution is 2.40. The largest absolute Gasteiger partial charge is 0.480 e. The lowest BCUT2D eigenvalue weighted by Crippen LogP contribution is -2.51. The minimum Gasteiger partial charge on any atom is -0.480 e. The van der Waals surface area contributed by atoms with Crippen molar-refractivity contribution in [3.05, 3.63) is 124 Å². The molecule has 6 heterocycles. The van der Waals surface area contributed by atoms with Crippen LogP contribution >= 0.6 is 50.2 Å². The molecule has 0 aliphatic carbocycles. The van der Waals surface area contributed by atoms with Crippen LogP contribution in [0.2, 0.25) is 5.02 Å². The number of ether oxygens (including phenoxy) is 2. The van der Waals surface area contributed by atoms with Crippen molar-refractivity contribution in [2.45, 2.75) is 50.6 Å². The number of carboxylic acids is 2. The van der Waals surface area contributed by atoms with Gasteiger partial charge in [-0.2, -0.15) is 0 Å². The third-order valence-electron chi connectivity index (χ3n) is 12.9. The fraction of sp³-hybridized carbons (Fsp3) is 0.462. The summed E-state index contributed by atoms with van der Waals surface area (Å²) in [4.78, 5) is 72.9. The van der Waals surface area contributed by atoms with Crippen LogP contribution in [-0.2, 0) is 28.7 Å². The molecule has 8 rings (SSSR count). The zero-order valence-corrected chi connectivity index (χ0v) is 47.7. The molecule has 28 heteroatoms. The van der Waals surface area contributed by atoms with E-state index in [4.69, 9.17) is 36.3 Å². The van der Waals surface area contributed by atoms with Gasteiger partial charge in [0.2, 0.25) is 0 Å². The summed E-state index contributed by atoms with van der Waals surface area (Å²) in [5.41, 5.74) is 1.66. The Hall–Kier alpha value is -5.81. The number of rotatable bonds is 20. The molecular weight excluding hydrogens is 1190 g/mol. The van der Waals surface area contributed by atoms with Crippen LogP contribution in [0.4, 0.5) is 26.3 Å². The molecule has 4 N–H and O–H groups in total. The molecule has 4 unspecified atom stereocenters. The summed E-state index contributed by atoms with van der Waals surface area (Å²) in [5, 5.41) is 29.0. The highest BCUT2D eigenvalue weighted by atomic mass is 79.9. The summed E-state index contributed by atoms with van der Waals surface area (Å²) in [6.07, 6.45) is 2.42. The van der Waals surface area contributed by atoms with Gasteiger partial charge in [0.15, 0.2) is 21.7 Å². The first kappa shape index (κ1) is 61.8. The monoisotopic (exact) mass is 1240 g/mol. The Morgan fingerprint density at radius 1 is 0.725 bits per heavy atom. The van der Waals surface area contributed by atoms with Gasteiger partial charge in [0.1, 0.15) is 23.7 Å². The van der Waals surface area contributed by atoms with Gasteiger partial charge in [-0.25, -0.2) is 45.9 Å². The van der Waals surface area contributed by atoms with Crippen LogP contribution in [0.1, 0.15) is 59.9 Å². The Morgan fingerprint density at radius 2 is 1.15 bits per heavy atom. The Bertz CT molecular complexity index is 2810. The summed E-state index contributed by atoms with van der Waals surface area (Å²) >= 11 is 12.4. The third kappa shape index (κ3) is 16.7. The van der Waals surface area contributed by atoms with E-state index < -0.39 is 84.4 Å². The fourth-order valence-electron chi connectivity index (χ4n) is 10.2. The Balaban J connectivity index is 0.000000231. The van der Waals surface area contributed by atoms with E-state index in [0.717, 1.165) is 6.07 Å². The van der Waals surface area contributed by atoms with Crippen LogP contribution in [-0.4, -0.2) is 180 Å². The number of alkyl halides is 4.